The summed E-state index contributed by atoms with van der Waals surface area (Å²) in [5.41, 5.74) is 0.995. The largest absolute Gasteiger partial charge is 0.493 e. The summed E-state index contributed by atoms with van der Waals surface area (Å²) in [4.78, 5) is 38.0. The fraction of sp³-hybridized carbons (Fsp3) is 0.0645. The summed E-state index contributed by atoms with van der Waals surface area (Å²) >= 11 is 0. The van der Waals surface area contributed by atoms with Crippen LogP contribution in [0.25, 0.3) is 22.7 Å². The number of rotatable bonds is 10. The first-order chi connectivity index (χ1) is 20.9. The van der Waals surface area contributed by atoms with Crippen molar-refractivity contribution < 1.29 is 23.0 Å². The van der Waals surface area contributed by atoms with Crippen LogP contribution in [0, 0.1) is 17.0 Å². The molecule has 43 heavy (non-hydrogen) atoms. The standard InChI is InChI=1S/C31H24F2N6O4/c1-2-42-26-11-16-39(21-6-3-19(32)4-7-21)31(41)28(26)30(40)38-20-5-8-25(23(33)17-20)43-27(9-12-34)29-22(10-13-37-29)24-18-35-14-15-36-24/h3-18,34,37H,2H2,1H3,(H,38,40)/b27-9+,34-12?. The summed E-state index contributed by atoms with van der Waals surface area (Å²) in [6, 6.07) is 12.1. The minimum Gasteiger partial charge on any atom is -0.493 e. The highest BCUT2D eigenvalue weighted by molar-refractivity contribution is 6.06. The molecule has 12 heteroatoms. The zero-order valence-electron chi connectivity index (χ0n) is 22.7. The number of aromatic amines is 1. The number of hydrogen-bond acceptors (Lipinski definition) is 7. The van der Waals surface area contributed by atoms with E-state index in [0.29, 0.717) is 22.6 Å². The van der Waals surface area contributed by atoms with Crippen LogP contribution in [0.4, 0.5) is 14.5 Å². The van der Waals surface area contributed by atoms with Crippen molar-refractivity contribution in [3.63, 3.8) is 0 Å². The Labute approximate surface area is 243 Å². The van der Waals surface area contributed by atoms with E-state index in [1.54, 1.807) is 25.4 Å². The Morgan fingerprint density at radius 1 is 1.09 bits per heavy atom. The molecule has 0 bridgehead atoms. The minimum absolute atomic E-state index is 0.0371. The molecule has 2 aromatic carbocycles. The van der Waals surface area contributed by atoms with Crippen LogP contribution in [0.1, 0.15) is 23.0 Å². The number of carbonyl (C=O) groups excluding carboxylic acids is 1. The molecule has 0 unspecified atom stereocenters. The van der Waals surface area contributed by atoms with E-state index in [4.69, 9.17) is 14.9 Å². The lowest BCUT2D eigenvalue weighted by Gasteiger charge is -2.14. The number of benzene rings is 2. The van der Waals surface area contributed by atoms with Crippen LogP contribution in [0.15, 0.2) is 96.5 Å². The normalized spacial score (nSPS) is 11.2. The number of hydrogen-bond donors (Lipinski definition) is 3. The van der Waals surface area contributed by atoms with Crippen LogP contribution in [-0.4, -0.2) is 38.2 Å². The Balaban J connectivity index is 1.41. The molecule has 216 valence electrons. The van der Waals surface area contributed by atoms with Gasteiger partial charge in [-0.15, -0.1) is 0 Å². The predicted octanol–water partition coefficient (Wildman–Crippen LogP) is 5.62. The average molecular weight is 583 g/mol. The van der Waals surface area contributed by atoms with E-state index in [9.17, 15) is 14.0 Å². The lowest BCUT2D eigenvalue weighted by molar-refractivity contribution is 0.102. The molecule has 0 saturated heterocycles. The number of carbonyl (C=O) groups is 1. The summed E-state index contributed by atoms with van der Waals surface area (Å²) in [6.45, 7) is 1.89. The van der Waals surface area contributed by atoms with Gasteiger partial charge in [0.05, 0.1) is 24.2 Å². The van der Waals surface area contributed by atoms with Gasteiger partial charge in [-0.1, -0.05) is 0 Å². The van der Waals surface area contributed by atoms with Crippen molar-refractivity contribution in [3.05, 3.63) is 125 Å². The monoisotopic (exact) mass is 582 g/mol. The quantitative estimate of drug-likeness (QED) is 0.145. The predicted molar refractivity (Wildman–Crippen MR) is 157 cm³/mol. The van der Waals surface area contributed by atoms with Crippen molar-refractivity contribution in [1.29, 1.82) is 5.41 Å². The Hall–Kier alpha value is -5.91. The van der Waals surface area contributed by atoms with Gasteiger partial charge in [-0.25, -0.2) is 8.78 Å². The number of pyridine rings is 1. The molecule has 0 spiro atoms. The van der Waals surface area contributed by atoms with Crippen molar-refractivity contribution in [3.8, 4) is 28.4 Å². The van der Waals surface area contributed by atoms with Gasteiger partial charge in [0, 0.05) is 60.1 Å². The lowest BCUT2D eigenvalue weighted by atomic mass is 10.1. The maximum atomic E-state index is 15.3. The number of ether oxygens (including phenoxy) is 2. The zero-order valence-corrected chi connectivity index (χ0v) is 22.7. The van der Waals surface area contributed by atoms with Crippen LogP contribution in [0.2, 0.25) is 0 Å². The van der Waals surface area contributed by atoms with Gasteiger partial charge in [0.25, 0.3) is 11.5 Å². The molecular weight excluding hydrogens is 558 g/mol. The van der Waals surface area contributed by atoms with Gasteiger partial charge in [-0.2, -0.15) is 0 Å². The molecule has 3 N–H and O–H groups in total. The molecule has 0 aliphatic heterocycles. The molecule has 0 radical (unpaired) electrons. The van der Waals surface area contributed by atoms with Gasteiger partial charge in [-0.3, -0.25) is 24.1 Å². The van der Waals surface area contributed by atoms with Crippen LogP contribution < -0.4 is 20.3 Å². The number of nitrogens with one attached hydrogen (secondary N) is 3. The number of amides is 1. The van der Waals surface area contributed by atoms with E-state index in [-0.39, 0.29) is 35.1 Å². The second kappa shape index (κ2) is 12.7. The molecule has 3 heterocycles. The molecule has 5 rings (SSSR count). The highest BCUT2D eigenvalue weighted by atomic mass is 19.1. The second-order valence-corrected chi connectivity index (χ2v) is 8.90. The Morgan fingerprint density at radius 2 is 1.91 bits per heavy atom. The van der Waals surface area contributed by atoms with Gasteiger partial charge in [0.1, 0.15) is 17.1 Å². The minimum atomic E-state index is -0.831. The van der Waals surface area contributed by atoms with Crippen LogP contribution >= 0.6 is 0 Å². The molecule has 0 fully saturated rings. The third-order valence-corrected chi connectivity index (χ3v) is 6.16. The van der Waals surface area contributed by atoms with Crippen molar-refractivity contribution >= 4 is 23.6 Å². The number of H-pyrrole nitrogens is 1. The summed E-state index contributed by atoms with van der Waals surface area (Å²) in [5, 5.41) is 10.1. The maximum absolute atomic E-state index is 15.3. The number of nitrogens with zero attached hydrogens (tertiary/aromatic N) is 3. The van der Waals surface area contributed by atoms with Gasteiger partial charge < -0.3 is 25.2 Å². The van der Waals surface area contributed by atoms with E-state index in [1.807, 2.05) is 0 Å². The first-order valence-corrected chi connectivity index (χ1v) is 13.0. The molecule has 0 aliphatic rings. The SMILES string of the molecule is CCOc1ccn(-c2ccc(F)cc2)c(=O)c1C(=O)Nc1ccc(O/C(=C/C=N)c2[nH]ccc2-c2cnccn2)c(F)c1. The van der Waals surface area contributed by atoms with E-state index in [1.165, 1.54) is 71.7 Å². The van der Waals surface area contributed by atoms with Crippen molar-refractivity contribution in [2.75, 3.05) is 11.9 Å². The van der Waals surface area contributed by atoms with Crippen molar-refractivity contribution in [2.24, 2.45) is 0 Å². The third kappa shape index (κ3) is 6.22. The molecule has 0 atom stereocenters. The first-order valence-electron chi connectivity index (χ1n) is 13.0. The van der Waals surface area contributed by atoms with Gasteiger partial charge in [-0.05, 0) is 55.5 Å². The molecule has 0 saturated carbocycles. The highest BCUT2D eigenvalue weighted by Crippen LogP contribution is 2.31. The Kier molecular flexibility index (Phi) is 8.47. The lowest BCUT2D eigenvalue weighted by Crippen LogP contribution is -2.29. The van der Waals surface area contributed by atoms with Crippen LogP contribution in [-0.2, 0) is 0 Å². The Bertz CT molecular complexity index is 1870. The van der Waals surface area contributed by atoms with Gasteiger partial charge in [0.15, 0.2) is 17.3 Å². The number of anilines is 1. The molecule has 10 nitrogen and oxygen atoms in total. The van der Waals surface area contributed by atoms with Crippen LogP contribution in [0.5, 0.6) is 11.5 Å². The second-order valence-electron chi connectivity index (χ2n) is 8.90. The fourth-order valence-electron chi connectivity index (χ4n) is 4.25. The van der Waals surface area contributed by atoms with Crippen molar-refractivity contribution in [2.45, 2.75) is 6.92 Å². The third-order valence-electron chi connectivity index (χ3n) is 6.16. The molecule has 3 aromatic heterocycles. The van der Waals surface area contributed by atoms with Crippen LogP contribution in [0.3, 0.4) is 0 Å². The van der Waals surface area contributed by atoms with Gasteiger partial charge in [0.2, 0.25) is 0 Å². The molecule has 1 amide bonds. The summed E-state index contributed by atoms with van der Waals surface area (Å²) in [6.07, 6.45) is 10.0. The topological polar surface area (TPSA) is 135 Å². The van der Waals surface area contributed by atoms with E-state index >= 15 is 4.39 Å². The zero-order chi connectivity index (χ0) is 30.3. The Morgan fingerprint density at radius 3 is 2.60 bits per heavy atom. The molecule has 5 aromatic rings. The number of halogens is 2. The fourth-order valence-corrected chi connectivity index (χ4v) is 4.25. The smallest absolute Gasteiger partial charge is 0.271 e. The first kappa shape index (κ1) is 28.6. The summed E-state index contributed by atoms with van der Waals surface area (Å²) in [7, 11) is 0. The van der Waals surface area contributed by atoms with Gasteiger partial charge >= 0.3 is 0 Å². The maximum Gasteiger partial charge on any atom is 0.271 e. The van der Waals surface area contributed by atoms with E-state index < -0.39 is 23.1 Å². The van der Waals surface area contributed by atoms with E-state index in [2.05, 4.69) is 20.3 Å². The summed E-state index contributed by atoms with van der Waals surface area (Å²) < 4.78 is 41.2. The van der Waals surface area contributed by atoms with Crippen molar-refractivity contribution in [1.82, 2.24) is 19.5 Å². The summed E-state index contributed by atoms with van der Waals surface area (Å²) in [5.74, 6) is -2.13. The molecule has 0 aliphatic carbocycles. The molecular formula is C31H24F2N6O4. The number of allylic oxidation sites excluding steroid dienone is 1. The number of aromatic nitrogens is 4. The highest BCUT2D eigenvalue weighted by Gasteiger charge is 2.21. The van der Waals surface area contributed by atoms with E-state index in [0.717, 1.165) is 12.3 Å². The average Bonchev–Trinajstić information content (AvgIpc) is 3.50.